The lowest BCUT2D eigenvalue weighted by Crippen LogP contribution is -2.67. The van der Waals surface area contributed by atoms with Gasteiger partial charge in [-0.1, -0.05) is 112 Å². The molecule has 10 nitrogen and oxygen atoms in total. The van der Waals surface area contributed by atoms with Crippen molar-refractivity contribution in [1.82, 2.24) is 9.13 Å². The third kappa shape index (κ3) is 7.73. The first-order chi connectivity index (χ1) is 23.5. The summed E-state index contributed by atoms with van der Waals surface area (Å²) < 4.78 is 28.1. The molecule has 2 N–H and O–H groups in total. The second-order valence-corrected chi connectivity index (χ2v) is 18.0. The Labute approximate surface area is 288 Å². The van der Waals surface area contributed by atoms with Crippen LogP contribution < -0.4 is 21.6 Å². The summed E-state index contributed by atoms with van der Waals surface area (Å²) in [6.45, 7) is 7.88. The molecule has 3 aromatic carbocycles. The molecule has 0 saturated carbocycles. The molecular formula is C38H48N2O8Si. The number of benzene rings is 3. The zero-order valence-electron chi connectivity index (χ0n) is 28.9. The minimum Gasteiger partial charge on any atom is -0.405 e. The molecule has 0 radical (unpaired) electrons. The van der Waals surface area contributed by atoms with Crippen LogP contribution in [0.15, 0.2) is 107 Å². The van der Waals surface area contributed by atoms with Crippen molar-refractivity contribution in [2.45, 2.75) is 77.0 Å². The number of nitrogens with zero attached hydrogens (tertiary/aromatic N) is 2. The molecule has 1 aliphatic heterocycles. The largest absolute Gasteiger partial charge is 0.405 e. The quantitative estimate of drug-likeness (QED) is 0.194. The summed E-state index contributed by atoms with van der Waals surface area (Å²) in [5, 5.41) is 22.4. The summed E-state index contributed by atoms with van der Waals surface area (Å²) in [5.74, 6) is -0.461. The van der Waals surface area contributed by atoms with Crippen molar-refractivity contribution in [3.8, 4) is 0 Å². The summed E-state index contributed by atoms with van der Waals surface area (Å²) in [5.41, 5.74) is 0.183. The molecule has 5 atom stereocenters. The van der Waals surface area contributed by atoms with E-state index >= 15 is 0 Å². The van der Waals surface area contributed by atoms with Crippen molar-refractivity contribution in [3.63, 3.8) is 0 Å². The topological polar surface area (TPSA) is 121 Å². The van der Waals surface area contributed by atoms with Crippen molar-refractivity contribution in [2.75, 3.05) is 20.3 Å². The lowest BCUT2D eigenvalue weighted by atomic mass is 9.91. The summed E-state index contributed by atoms with van der Waals surface area (Å²) in [6.07, 6.45) is -1.68. The average Bonchev–Trinajstić information content (AvgIpc) is 3.45. The molecule has 4 unspecified atom stereocenters. The predicted molar refractivity (Wildman–Crippen MR) is 190 cm³/mol. The average molecular weight is 689 g/mol. The van der Waals surface area contributed by atoms with Crippen LogP contribution >= 0.6 is 0 Å². The smallest absolute Gasteiger partial charge is 0.335 e. The number of methoxy groups -OCH3 is 1. The maximum atomic E-state index is 13.9. The number of aromatic nitrogens is 2. The first-order valence-corrected chi connectivity index (χ1v) is 18.6. The number of aliphatic hydroxyl groups is 2. The highest BCUT2D eigenvalue weighted by molar-refractivity contribution is 6.99. The van der Waals surface area contributed by atoms with Crippen LogP contribution in [0.2, 0.25) is 5.04 Å². The monoisotopic (exact) mass is 688 g/mol. The van der Waals surface area contributed by atoms with Gasteiger partial charge in [0.25, 0.3) is 13.9 Å². The number of ether oxygens (including phenoxy) is 3. The molecule has 0 aliphatic carbocycles. The molecule has 1 saturated heterocycles. The standard InChI is InChI=1S/C38H48N2O8Si/c1-27-22-39(37(44)40(35(27)43)26-46-24-28-15-9-6-10-16-28)36-34(45-5)32(21-29(42)23-41)33(48-36)25-47-49(38(2,3)4,30-17-11-7-12-18-30)31-19-13-8-14-20-31/h6-20,22,29,32-34,36,41-42H,21,23-26H2,1-5H3/t29?,32?,33-,34?,36?/m1/s1. The van der Waals surface area contributed by atoms with E-state index in [1.165, 1.54) is 17.9 Å². The van der Waals surface area contributed by atoms with E-state index in [1.807, 2.05) is 66.7 Å². The van der Waals surface area contributed by atoms with Gasteiger partial charge in [0.1, 0.15) is 12.8 Å². The van der Waals surface area contributed by atoms with Crippen molar-refractivity contribution < 1.29 is 28.8 Å². The molecule has 11 heteroatoms. The third-order valence-electron chi connectivity index (χ3n) is 9.38. The Bertz CT molecular complexity index is 1720. The van der Waals surface area contributed by atoms with E-state index in [4.69, 9.17) is 18.6 Å². The van der Waals surface area contributed by atoms with Gasteiger partial charge < -0.3 is 28.8 Å². The van der Waals surface area contributed by atoms with Gasteiger partial charge in [-0.15, -0.1) is 0 Å². The minimum atomic E-state index is -2.97. The zero-order chi connectivity index (χ0) is 35.2. The summed E-state index contributed by atoms with van der Waals surface area (Å²) in [4.78, 5) is 27.1. The van der Waals surface area contributed by atoms with E-state index in [-0.39, 0.29) is 31.4 Å². The van der Waals surface area contributed by atoms with E-state index in [0.29, 0.717) is 5.56 Å². The Hall–Kier alpha value is -3.68. The molecule has 1 aliphatic rings. The maximum absolute atomic E-state index is 13.9. The molecule has 1 fully saturated rings. The highest BCUT2D eigenvalue weighted by Crippen LogP contribution is 2.41. The number of aliphatic hydroxyl groups excluding tert-OH is 2. The van der Waals surface area contributed by atoms with Crippen LogP contribution in [0.3, 0.4) is 0 Å². The van der Waals surface area contributed by atoms with Gasteiger partial charge in [0, 0.05) is 24.8 Å². The molecule has 2 heterocycles. The Kier molecular flexibility index (Phi) is 11.9. The first-order valence-electron chi connectivity index (χ1n) is 16.7. The van der Waals surface area contributed by atoms with E-state index in [1.54, 1.807) is 6.92 Å². The summed E-state index contributed by atoms with van der Waals surface area (Å²) >= 11 is 0. The Morgan fingerprint density at radius 3 is 2.02 bits per heavy atom. The van der Waals surface area contributed by atoms with Crippen LogP contribution in [0.5, 0.6) is 0 Å². The number of aryl methyl sites for hydroxylation is 1. The molecule has 0 amide bonds. The first kappa shape index (κ1) is 36.6. The zero-order valence-corrected chi connectivity index (χ0v) is 29.9. The number of hydrogen-bond donors (Lipinski definition) is 2. The fraction of sp³-hybridized carbons (Fsp3) is 0.421. The van der Waals surface area contributed by atoms with Gasteiger partial charge >= 0.3 is 5.69 Å². The van der Waals surface area contributed by atoms with E-state index in [9.17, 15) is 19.8 Å². The Morgan fingerprint density at radius 1 is 0.918 bits per heavy atom. The van der Waals surface area contributed by atoms with Gasteiger partial charge in [0.15, 0.2) is 6.23 Å². The molecular weight excluding hydrogens is 641 g/mol. The molecule has 49 heavy (non-hydrogen) atoms. The molecule has 1 aromatic heterocycles. The Morgan fingerprint density at radius 2 is 1.49 bits per heavy atom. The van der Waals surface area contributed by atoms with E-state index in [0.717, 1.165) is 20.5 Å². The van der Waals surface area contributed by atoms with Crippen molar-refractivity contribution in [3.05, 3.63) is 129 Å². The summed E-state index contributed by atoms with van der Waals surface area (Å²) in [6, 6.07) is 30.0. The second kappa shape index (κ2) is 15.9. The lowest BCUT2D eigenvalue weighted by Gasteiger charge is -2.43. The van der Waals surface area contributed by atoms with Crippen molar-refractivity contribution >= 4 is 18.7 Å². The normalized spacial score (nSPS) is 20.4. The van der Waals surface area contributed by atoms with Crippen LogP contribution in [-0.2, 0) is 32.0 Å². The second-order valence-electron chi connectivity index (χ2n) is 13.7. The van der Waals surface area contributed by atoms with Crippen LogP contribution in [0.25, 0.3) is 0 Å². The SMILES string of the molecule is COC1C(CC(O)CO)[C@@H](CO[Si](c2ccccc2)(c2ccccc2)C(C)(C)C)OC1n1cc(C)c(=O)n(COCc2ccccc2)c1=O. The summed E-state index contributed by atoms with van der Waals surface area (Å²) in [7, 11) is -1.44. The minimum absolute atomic E-state index is 0.139. The highest BCUT2D eigenvalue weighted by Gasteiger charge is 2.53. The third-order valence-corrected chi connectivity index (χ3v) is 14.4. The Balaban J connectivity index is 1.51. The van der Waals surface area contributed by atoms with Crippen LogP contribution in [0.1, 0.15) is 44.5 Å². The van der Waals surface area contributed by atoms with Crippen molar-refractivity contribution in [1.29, 1.82) is 0 Å². The van der Waals surface area contributed by atoms with Gasteiger partial charge in [-0.2, -0.15) is 0 Å². The number of hydrogen-bond acceptors (Lipinski definition) is 8. The van der Waals surface area contributed by atoms with Crippen molar-refractivity contribution in [2.24, 2.45) is 5.92 Å². The molecule has 262 valence electrons. The maximum Gasteiger partial charge on any atom is 0.335 e. The van der Waals surface area contributed by atoms with Gasteiger partial charge in [-0.25, -0.2) is 9.36 Å². The fourth-order valence-electron chi connectivity index (χ4n) is 6.99. The molecule has 0 bridgehead atoms. The number of rotatable bonds is 14. The van der Waals surface area contributed by atoms with E-state index in [2.05, 4.69) is 45.0 Å². The van der Waals surface area contributed by atoms with Gasteiger partial charge in [0.05, 0.1) is 32.0 Å². The molecule has 4 aromatic rings. The fourth-order valence-corrected chi connectivity index (χ4v) is 11.6. The molecule has 5 rings (SSSR count). The molecule has 0 spiro atoms. The lowest BCUT2D eigenvalue weighted by molar-refractivity contribution is -0.0628. The highest BCUT2D eigenvalue weighted by atomic mass is 28.4. The van der Waals surface area contributed by atoms with Gasteiger partial charge in [-0.05, 0) is 34.3 Å². The van der Waals surface area contributed by atoms with Crippen LogP contribution in [-0.4, -0.2) is 66.3 Å². The van der Waals surface area contributed by atoms with Gasteiger partial charge in [0.2, 0.25) is 0 Å². The van der Waals surface area contributed by atoms with Crippen LogP contribution in [0.4, 0.5) is 0 Å². The van der Waals surface area contributed by atoms with Crippen LogP contribution in [0, 0.1) is 12.8 Å². The van der Waals surface area contributed by atoms with E-state index < -0.39 is 56.6 Å². The van der Waals surface area contributed by atoms with Gasteiger partial charge in [-0.3, -0.25) is 9.36 Å². The predicted octanol–water partition coefficient (Wildman–Crippen LogP) is 3.34.